The molecule has 2 N–H and O–H groups in total. The largest absolute Gasteiger partial charge is 0.444 e. The number of carbonyl (C=O) groups is 2. The van der Waals surface area contributed by atoms with Crippen molar-refractivity contribution >= 4 is 38.8 Å². The molecule has 0 atom stereocenters. The number of rotatable bonds is 6. The molecule has 0 aliphatic rings. The SMILES string of the molecule is Cc1nc2ccccc2n(CCNC(=O)CNC(=O)c2ccc(Br)o2)c1=O. The highest BCUT2D eigenvalue weighted by Gasteiger charge is 2.12. The van der Waals surface area contributed by atoms with Gasteiger partial charge in [0.05, 0.1) is 17.6 Å². The predicted molar refractivity (Wildman–Crippen MR) is 102 cm³/mol. The lowest BCUT2D eigenvalue weighted by atomic mass is 10.2. The summed E-state index contributed by atoms with van der Waals surface area (Å²) >= 11 is 3.11. The monoisotopic (exact) mass is 432 g/mol. The number of para-hydroxylation sites is 2. The summed E-state index contributed by atoms with van der Waals surface area (Å²) in [7, 11) is 0. The lowest BCUT2D eigenvalue weighted by molar-refractivity contribution is -0.120. The number of benzene rings is 1. The van der Waals surface area contributed by atoms with Gasteiger partial charge in [0.2, 0.25) is 5.91 Å². The molecule has 140 valence electrons. The third-order valence-electron chi connectivity index (χ3n) is 3.88. The van der Waals surface area contributed by atoms with Crippen LogP contribution in [0.5, 0.6) is 0 Å². The van der Waals surface area contributed by atoms with Crippen molar-refractivity contribution in [3.63, 3.8) is 0 Å². The highest BCUT2D eigenvalue weighted by atomic mass is 79.9. The fourth-order valence-electron chi connectivity index (χ4n) is 2.60. The Kier molecular flexibility index (Phi) is 5.70. The first kappa shape index (κ1) is 18.8. The standard InChI is InChI=1S/C18H17BrN4O4/c1-11-18(26)23(13-5-3-2-4-12(13)22-11)9-8-20-16(24)10-21-17(25)14-6-7-15(19)27-14/h2-7H,8-10H2,1H3,(H,20,24)(H,21,25). The summed E-state index contributed by atoms with van der Waals surface area (Å²) in [6.45, 7) is 2.01. The Balaban J connectivity index is 1.56. The van der Waals surface area contributed by atoms with Crippen molar-refractivity contribution in [1.29, 1.82) is 0 Å². The molecule has 0 aliphatic heterocycles. The van der Waals surface area contributed by atoms with Crippen LogP contribution >= 0.6 is 15.9 Å². The van der Waals surface area contributed by atoms with Gasteiger partial charge in [0.25, 0.3) is 11.5 Å². The first-order valence-corrected chi connectivity index (χ1v) is 9.01. The minimum Gasteiger partial charge on any atom is -0.444 e. The summed E-state index contributed by atoms with van der Waals surface area (Å²) in [5.41, 5.74) is 1.63. The molecule has 3 rings (SSSR count). The van der Waals surface area contributed by atoms with Crippen LogP contribution in [0.4, 0.5) is 0 Å². The summed E-state index contributed by atoms with van der Waals surface area (Å²) in [5.74, 6) is -0.736. The number of halogens is 1. The van der Waals surface area contributed by atoms with Crippen LogP contribution in [-0.4, -0.2) is 34.5 Å². The average Bonchev–Trinajstić information content (AvgIpc) is 3.09. The van der Waals surface area contributed by atoms with Gasteiger partial charge >= 0.3 is 0 Å². The Morgan fingerprint density at radius 2 is 1.96 bits per heavy atom. The Morgan fingerprint density at radius 3 is 2.70 bits per heavy atom. The highest BCUT2D eigenvalue weighted by molar-refractivity contribution is 9.10. The molecular weight excluding hydrogens is 416 g/mol. The number of aryl methyl sites for hydroxylation is 1. The topological polar surface area (TPSA) is 106 Å². The molecule has 2 amide bonds. The molecule has 0 bridgehead atoms. The van der Waals surface area contributed by atoms with Crippen LogP contribution in [0.1, 0.15) is 16.2 Å². The minimum atomic E-state index is -0.483. The molecule has 3 aromatic rings. The van der Waals surface area contributed by atoms with Crippen molar-refractivity contribution in [2.75, 3.05) is 13.1 Å². The fraction of sp³-hybridized carbons (Fsp3) is 0.222. The number of fused-ring (bicyclic) bond motifs is 1. The van der Waals surface area contributed by atoms with Crippen LogP contribution in [0.15, 0.2) is 50.3 Å². The van der Waals surface area contributed by atoms with Crippen molar-refractivity contribution < 1.29 is 14.0 Å². The van der Waals surface area contributed by atoms with Gasteiger partial charge in [-0.15, -0.1) is 0 Å². The van der Waals surface area contributed by atoms with Gasteiger partial charge in [-0.1, -0.05) is 12.1 Å². The van der Waals surface area contributed by atoms with E-state index in [2.05, 4.69) is 31.5 Å². The molecule has 0 aliphatic carbocycles. The van der Waals surface area contributed by atoms with Gasteiger partial charge < -0.3 is 19.6 Å². The lowest BCUT2D eigenvalue weighted by Gasteiger charge is -2.12. The van der Waals surface area contributed by atoms with E-state index < -0.39 is 5.91 Å². The van der Waals surface area contributed by atoms with E-state index in [0.29, 0.717) is 22.4 Å². The molecule has 0 spiro atoms. The Morgan fingerprint density at radius 1 is 1.19 bits per heavy atom. The van der Waals surface area contributed by atoms with Crippen LogP contribution in [0.2, 0.25) is 0 Å². The van der Waals surface area contributed by atoms with Crippen LogP contribution in [0.25, 0.3) is 11.0 Å². The Bertz CT molecular complexity index is 1060. The van der Waals surface area contributed by atoms with Crippen molar-refractivity contribution in [1.82, 2.24) is 20.2 Å². The Hall–Kier alpha value is -2.94. The molecule has 0 saturated heterocycles. The van der Waals surface area contributed by atoms with Gasteiger partial charge in [-0.05, 0) is 47.1 Å². The number of hydrogen-bond acceptors (Lipinski definition) is 5. The first-order chi connectivity index (χ1) is 13.0. The fourth-order valence-corrected chi connectivity index (χ4v) is 2.90. The summed E-state index contributed by atoms with van der Waals surface area (Å²) in [6.07, 6.45) is 0. The molecule has 1 aromatic carbocycles. The molecule has 0 radical (unpaired) electrons. The van der Waals surface area contributed by atoms with Gasteiger partial charge in [-0.2, -0.15) is 0 Å². The predicted octanol–water partition coefficient (Wildman–Crippen LogP) is 1.61. The van der Waals surface area contributed by atoms with E-state index in [0.717, 1.165) is 5.52 Å². The second kappa shape index (κ2) is 8.17. The number of nitrogens with zero attached hydrogens (tertiary/aromatic N) is 2. The van der Waals surface area contributed by atoms with Gasteiger partial charge in [-0.3, -0.25) is 14.4 Å². The summed E-state index contributed by atoms with van der Waals surface area (Å²) in [5, 5.41) is 5.15. The van der Waals surface area contributed by atoms with Crippen molar-refractivity contribution in [2.24, 2.45) is 0 Å². The summed E-state index contributed by atoms with van der Waals surface area (Å²) in [4.78, 5) is 40.4. The first-order valence-electron chi connectivity index (χ1n) is 8.22. The number of hydrogen-bond donors (Lipinski definition) is 2. The third kappa shape index (κ3) is 4.43. The molecule has 2 aromatic heterocycles. The van der Waals surface area contributed by atoms with E-state index in [4.69, 9.17) is 4.42 Å². The van der Waals surface area contributed by atoms with Gasteiger partial charge in [0.15, 0.2) is 10.4 Å². The van der Waals surface area contributed by atoms with Crippen molar-refractivity contribution in [3.05, 3.63) is 62.9 Å². The third-order valence-corrected chi connectivity index (χ3v) is 4.31. The molecule has 2 heterocycles. The van der Waals surface area contributed by atoms with Crippen LogP contribution in [0, 0.1) is 6.92 Å². The van der Waals surface area contributed by atoms with Crippen LogP contribution in [-0.2, 0) is 11.3 Å². The number of aromatic nitrogens is 2. The van der Waals surface area contributed by atoms with Gasteiger partial charge in [0.1, 0.15) is 5.69 Å². The van der Waals surface area contributed by atoms with E-state index in [1.54, 1.807) is 17.6 Å². The molecule has 0 unspecified atom stereocenters. The van der Waals surface area contributed by atoms with Crippen LogP contribution in [0.3, 0.4) is 0 Å². The maximum absolute atomic E-state index is 12.3. The molecular formula is C18H17BrN4O4. The average molecular weight is 433 g/mol. The van der Waals surface area contributed by atoms with E-state index in [-0.39, 0.29) is 30.3 Å². The number of nitrogens with one attached hydrogen (secondary N) is 2. The second-order valence-electron chi connectivity index (χ2n) is 5.78. The van der Waals surface area contributed by atoms with Crippen molar-refractivity contribution in [3.8, 4) is 0 Å². The van der Waals surface area contributed by atoms with Crippen LogP contribution < -0.4 is 16.2 Å². The molecule has 0 fully saturated rings. The van der Waals surface area contributed by atoms with E-state index in [9.17, 15) is 14.4 Å². The quantitative estimate of drug-likeness (QED) is 0.615. The Labute approximate surface area is 162 Å². The number of furan rings is 1. The van der Waals surface area contributed by atoms with Crippen molar-refractivity contribution in [2.45, 2.75) is 13.5 Å². The molecule has 8 nitrogen and oxygen atoms in total. The highest BCUT2D eigenvalue weighted by Crippen LogP contribution is 2.13. The zero-order chi connectivity index (χ0) is 19.4. The smallest absolute Gasteiger partial charge is 0.287 e. The zero-order valence-corrected chi connectivity index (χ0v) is 16.1. The van der Waals surface area contributed by atoms with Gasteiger partial charge in [-0.25, -0.2) is 4.98 Å². The van der Waals surface area contributed by atoms with Gasteiger partial charge in [0, 0.05) is 13.1 Å². The van der Waals surface area contributed by atoms with E-state index in [1.165, 1.54) is 6.07 Å². The normalized spacial score (nSPS) is 10.7. The molecule has 0 saturated carbocycles. The maximum atomic E-state index is 12.3. The summed E-state index contributed by atoms with van der Waals surface area (Å²) < 4.78 is 7.12. The second-order valence-corrected chi connectivity index (χ2v) is 6.56. The summed E-state index contributed by atoms with van der Waals surface area (Å²) in [6, 6.07) is 10.4. The zero-order valence-electron chi connectivity index (χ0n) is 14.5. The lowest BCUT2D eigenvalue weighted by Crippen LogP contribution is -2.39. The number of carbonyl (C=O) groups excluding carboxylic acids is 2. The molecule has 27 heavy (non-hydrogen) atoms. The number of amides is 2. The van der Waals surface area contributed by atoms with E-state index >= 15 is 0 Å². The minimum absolute atomic E-state index is 0.111. The molecule has 9 heteroatoms. The maximum Gasteiger partial charge on any atom is 0.287 e. The van der Waals surface area contributed by atoms with E-state index in [1.807, 2.05) is 24.3 Å².